The highest BCUT2D eigenvalue weighted by Crippen LogP contribution is 2.32. The highest BCUT2D eigenvalue weighted by Gasteiger charge is 2.33. The van der Waals surface area contributed by atoms with Crippen molar-refractivity contribution in [3.8, 4) is 12.3 Å². The minimum Gasteiger partial charge on any atom is -0.391 e. The van der Waals surface area contributed by atoms with Crippen molar-refractivity contribution in [2.24, 2.45) is 0 Å². The van der Waals surface area contributed by atoms with Crippen LogP contribution in [0.4, 0.5) is 13.2 Å². The van der Waals surface area contributed by atoms with Crippen molar-refractivity contribution in [1.82, 2.24) is 9.80 Å². The van der Waals surface area contributed by atoms with Gasteiger partial charge in [-0.05, 0) is 11.6 Å². The lowest BCUT2D eigenvalue weighted by Gasteiger charge is -2.34. The molecule has 2 rings (SSSR count). The van der Waals surface area contributed by atoms with E-state index in [0.717, 1.165) is 32.2 Å². The highest BCUT2D eigenvalue weighted by atomic mass is 19.4. The standard InChI is InChI=1S/C17H21F3N2O/c1-2-7-21-8-10-22(11-9-21)13-15(23)12-14-5-3-4-6-16(14)17(18,19)20/h1,3-6,15,23H,7-13H2. The summed E-state index contributed by atoms with van der Waals surface area (Å²) in [5, 5.41) is 10.2. The third-order valence-corrected chi connectivity index (χ3v) is 4.03. The SMILES string of the molecule is C#CCN1CCN(CC(O)Cc2ccccc2C(F)(F)F)CC1. The smallest absolute Gasteiger partial charge is 0.391 e. The summed E-state index contributed by atoms with van der Waals surface area (Å²) in [6.45, 7) is 4.14. The van der Waals surface area contributed by atoms with Crippen LogP contribution >= 0.6 is 0 Å². The zero-order valence-electron chi connectivity index (χ0n) is 12.9. The fraction of sp³-hybridized carbons (Fsp3) is 0.529. The first-order valence-corrected chi connectivity index (χ1v) is 7.61. The molecule has 0 aliphatic carbocycles. The van der Waals surface area contributed by atoms with Crippen molar-refractivity contribution in [3.05, 3.63) is 35.4 Å². The van der Waals surface area contributed by atoms with E-state index in [-0.39, 0.29) is 12.0 Å². The van der Waals surface area contributed by atoms with Crippen LogP contribution in [0.25, 0.3) is 0 Å². The van der Waals surface area contributed by atoms with Crippen LogP contribution < -0.4 is 0 Å². The molecule has 1 fully saturated rings. The van der Waals surface area contributed by atoms with E-state index in [1.54, 1.807) is 6.07 Å². The molecule has 0 saturated carbocycles. The van der Waals surface area contributed by atoms with Crippen molar-refractivity contribution in [1.29, 1.82) is 0 Å². The first kappa shape index (κ1) is 17.8. The second-order valence-electron chi connectivity index (χ2n) is 5.79. The molecule has 1 atom stereocenters. The Balaban J connectivity index is 1.89. The van der Waals surface area contributed by atoms with Gasteiger partial charge in [0.2, 0.25) is 0 Å². The maximum atomic E-state index is 13.0. The summed E-state index contributed by atoms with van der Waals surface area (Å²) in [4.78, 5) is 4.20. The Labute approximate surface area is 134 Å². The Morgan fingerprint density at radius 1 is 1.13 bits per heavy atom. The van der Waals surface area contributed by atoms with Crippen LogP contribution in [0.15, 0.2) is 24.3 Å². The van der Waals surface area contributed by atoms with E-state index in [1.807, 2.05) is 0 Å². The van der Waals surface area contributed by atoms with Gasteiger partial charge in [-0.1, -0.05) is 24.1 Å². The number of aliphatic hydroxyl groups is 1. The topological polar surface area (TPSA) is 26.7 Å². The van der Waals surface area contributed by atoms with E-state index >= 15 is 0 Å². The molecule has 1 aromatic carbocycles. The van der Waals surface area contributed by atoms with Gasteiger partial charge in [0.25, 0.3) is 0 Å². The Hall–Kier alpha value is -1.55. The number of alkyl halides is 3. The number of halogens is 3. The molecule has 1 aliphatic heterocycles. The number of hydrogen-bond donors (Lipinski definition) is 1. The van der Waals surface area contributed by atoms with Crippen LogP contribution in [0.2, 0.25) is 0 Å². The second kappa shape index (κ2) is 7.82. The van der Waals surface area contributed by atoms with Crippen LogP contribution in [-0.4, -0.2) is 60.3 Å². The number of nitrogens with zero attached hydrogens (tertiary/aromatic N) is 2. The molecule has 0 spiro atoms. The van der Waals surface area contributed by atoms with Crippen LogP contribution in [0.1, 0.15) is 11.1 Å². The zero-order chi connectivity index (χ0) is 16.9. The molecule has 1 aliphatic rings. The first-order valence-electron chi connectivity index (χ1n) is 7.61. The predicted octanol–water partition coefficient (Wildman–Crippen LogP) is 1.86. The molecule has 6 heteroatoms. The lowest BCUT2D eigenvalue weighted by Crippen LogP contribution is -2.48. The van der Waals surface area contributed by atoms with Gasteiger partial charge in [-0.25, -0.2) is 0 Å². The minimum atomic E-state index is -4.39. The third-order valence-electron chi connectivity index (χ3n) is 4.03. The van der Waals surface area contributed by atoms with Crippen molar-refractivity contribution >= 4 is 0 Å². The van der Waals surface area contributed by atoms with E-state index in [4.69, 9.17) is 6.42 Å². The van der Waals surface area contributed by atoms with Gasteiger partial charge < -0.3 is 5.11 Å². The van der Waals surface area contributed by atoms with Crippen molar-refractivity contribution in [3.63, 3.8) is 0 Å². The average molecular weight is 326 g/mol. The third kappa shape index (κ3) is 5.24. The summed E-state index contributed by atoms with van der Waals surface area (Å²) in [6.07, 6.45) is 0.0597. The second-order valence-corrected chi connectivity index (χ2v) is 5.79. The van der Waals surface area contributed by atoms with Crippen LogP contribution in [-0.2, 0) is 12.6 Å². The summed E-state index contributed by atoms with van der Waals surface area (Å²) in [6, 6.07) is 5.41. The van der Waals surface area contributed by atoms with Gasteiger partial charge in [0, 0.05) is 39.1 Å². The van der Waals surface area contributed by atoms with Crippen LogP contribution in [0.5, 0.6) is 0 Å². The van der Waals surface area contributed by atoms with Gasteiger partial charge in [0.15, 0.2) is 0 Å². The Morgan fingerprint density at radius 2 is 1.74 bits per heavy atom. The number of terminal acetylenes is 1. The minimum absolute atomic E-state index is 0.000251. The number of β-amino-alcohol motifs (C(OH)–C–C–N with tert-alkyl or cyclic N) is 1. The van der Waals surface area contributed by atoms with E-state index < -0.39 is 17.8 Å². The fourth-order valence-electron chi connectivity index (χ4n) is 2.85. The number of benzene rings is 1. The number of hydrogen-bond acceptors (Lipinski definition) is 3. The molecule has 3 nitrogen and oxygen atoms in total. The predicted molar refractivity (Wildman–Crippen MR) is 82.9 cm³/mol. The van der Waals surface area contributed by atoms with Crippen LogP contribution in [0.3, 0.4) is 0 Å². The molecule has 126 valence electrons. The summed E-state index contributed by atoms with van der Waals surface area (Å²) in [5.74, 6) is 2.60. The Morgan fingerprint density at radius 3 is 2.35 bits per heavy atom. The summed E-state index contributed by atoms with van der Waals surface area (Å²) >= 11 is 0. The molecule has 1 saturated heterocycles. The van der Waals surface area contributed by atoms with E-state index in [2.05, 4.69) is 15.7 Å². The van der Waals surface area contributed by atoms with Crippen molar-refractivity contribution < 1.29 is 18.3 Å². The Bertz CT molecular complexity index is 546. The fourth-order valence-corrected chi connectivity index (χ4v) is 2.85. The summed E-state index contributed by atoms with van der Waals surface area (Å²) < 4.78 is 38.9. The molecule has 1 aromatic rings. The molecule has 0 radical (unpaired) electrons. The maximum Gasteiger partial charge on any atom is 0.416 e. The molecule has 1 unspecified atom stereocenters. The molecule has 23 heavy (non-hydrogen) atoms. The monoisotopic (exact) mass is 326 g/mol. The number of piperazine rings is 1. The molecule has 0 bridgehead atoms. The van der Waals surface area contributed by atoms with Gasteiger partial charge in [-0.3, -0.25) is 9.80 Å². The molecule has 0 aromatic heterocycles. The van der Waals surface area contributed by atoms with Gasteiger partial charge in [0.05, 0.1) is 18.2 Å². The van der Waals surface area contributed by atoms with E-state index in [1.165, 1.54) is 12.1 Å². The largest absolute Gasteiger partial charge is 0.416 e. The van der Waals surface area contributed by atoms with Gasteiger partial charge in [-0.2, -0.15) is 13.2 Å². The normalized spacial score (nSPS) is 18.6. The van der Waals surface area contributed by atoms with Crippen molar-refractivity contribution in [2.45, 2.75) is 18.7 Å². The molecular weight excluding hydrogens is 305 g/mol. The lowest BCUT2D eigenvalue weighted by molar-refractivity contribution is -0.138. The van der Waals surface area contributed by atoms with Gasteiger partial charge >= 0.3 is 6.18 Å². The quantitative estimate of drug-likeness (QED) is 0.837. The highest BCUT2D eigenvalue weighted by molar-refractivity contribution is 5.30. The van der Waals surface area contributed by atoms with E-state index in [0.29, 0.717) is 13.1 Å². The summed E-state index contributed by atoms with van der Waals surface area (Å²) in [7, 11) is 0. The molecular formula is C17H21F3N2O. The maximum absolute atomic E-state index is 13.0. The van der Waals surface area contributed by atoms with E-state index in [9.17, 15) is 18.3 Å². The molecule has 0 amide bonds. The lowest BCUT2D eigenvalue weighted by atomic mass is 10.0. The summed E-state index contributed by atoms with van der Waals surface area (Å²) in [5.41, 5.74) is -0.531. The average Bonchev–Trinajstić information content (AvgIpc) is 2.49. The molecule has 1 N–H and O–H groups in total. The van der Waals surface area contributed by atoms with Gasteiger partial charge in [-0.15, -0.1) is 6.42 Å². The number of aliphatic hydroxyl groups excluding tert-OH is 1. The zero-order valence-corrected chi connectivity index (χ0v) is 12.9. The van der Waals surface area contributed by atoms with Crippen LogP contribution in [0, 0.1) is 12.3 Å². The number of rotatable bonds is 5. The Kier molecular flexibility index (Phi) is 6.05. The first-order chi connectivity index (χ1) is 10.9. The van der Waals surface area contributed by atoms with Gasteiger partial charge in [0.1, 0.15) is 0 Å². The molecule has 1 heterocycles. The van der Waals surface area contributed by atoms with Crippen molar-refractivity contribution in [2.75, 3.05) is 39.3 Å².